The smallest absolute Gasteiger partial charge is 0.101 e. The third-order valence-corrected chi connectivity index (χ3v) is 10.5. The lowest BCUT2D eigenvalue weighted by Gasteiger charge is -2.33. The molecule has 9 rings (SSSR count). The molecule has 3 heteroatoms. The second-order valence-corrected chi connectivity index (χ2v) is 13.4. The van der Waals surface area contributed by atoms with Crippen LogP contribution in [-0.4, -0.2) is 6.54 Å². The first kappa shape index (κ1) is 28.4. The van der Waals surface area contributed by atoms with E-state index in [1.54, 1.807) is 0 Å². The quantitative estimate of drug-likeness (QED) is 0.180. The van der Waals surface area contributed by atoms with Crippen LogP contribution in [0.4, 0.5) is 28.4 Å². The van der Waals surface area contributed by atoms with Gasteiger partial charge >= 0.3 is 0 Å². The summed E-state index contributed by atoms with van der Waals surface area (Å²) < 4.78 is 0. The Morgan fingerprint density at radius 3 is 2.25 bits per heavy atom. The van der Waals surface area contributed by atoms with Gasteiger partial charge in [0.15, 0.2) is 0 Å². The molecule has 0 saturated heterocycles. The lowest BCUT2D eigenvalue weighted by atomic mass is 9.77. The average Bonchev–Trinajstić information content (AvgIpc) is 3.15. The Hall–Kier alpha value is -5.85. The normalized spacial score (nSPS) is 17.2. The van der Waals surface area contributed by atoms with Crippen LogP contribution in [0.15, 0.2) is 146 Å². The number of rotatable bonds is 5. The molecule has 0 radical (unpaired) electrons. The Kier molecular flexibility index (Phi) is 6.59. The summed E-state index contributed by atoms with van der Waals surface area (Å²) in [7, 11) is 0. The maximum absolute atomic E-state index is 10.6. The second kappa shape index (κ2) is 11.1. The van der Waals surface area contributed by atoms with Crippen LogP contribution < -0.4 is 9.80 Å². The van der Waals surface area contributed by atoms with E-state index in [0.717, 1.165) is 48.4 Å². The van der Waals surface area contributed by atoms with E-state index in [2.05, 4.69) is 162 Å². The standard InChI is InChI=1S/C45H35N3/c1-45(26-8-3-9-27-45)35-20-25-40(34(29-35)30-46)48(36-13-4-2-5-14-36)42-24-19-33-16-21-37-41(23-18-32-17-22-38(42)44(33)43(32)37)47-28-10-12-31-11-6-7-15-39(31)47/h2-9,11,13-26,29H,10,12,27-28H2,1H3. The number of benzene rings is 7. The summed E-state index contributed by atoms with van der Waals surface area (Å²) in [5.74, 6) is 0. The first-order chi connectivity index (χ1) is 23.6. The van der Waals surface area contributed by atoms with Crippen molar-refractivity contribution in [1.82, 2.24) is 0 Å². The zero-order valence-electron chi connectivity index (χ0n) is 27.0. The average molecular weight is 618 g/mol. The molecule has 7 aromatic carbocycles. The molecular weight excluding hydrogens is 583 g/mol. The van der Waals surface area contributed by atoms with Crippen molar-refractivity contribution in [2.45, 2.75) is 31.6 Å². The first-order valence-electron chi connectivity index (χ1n) is 16.9. The molecule has 0 spiro atoms. The van der Waals surface area contributed by atoms with Crippen LogP contribution in [0.1, 0.15) is 36.5 Å². The summed E-state index contributed by atoms with van der Waals surface area (Å²) >= 11 is 0. The lowest BCUT2D eigenvalue weighted by Crippen LogP contribution is -2.24. The molecule has 0 bridgehead atoms. The highest BCUT2D eigenvalue weighted by Gasteiger charge is 2.27. The van der Waals surface area contributed by atoms with E-state index in [-0.39, 0.29) is 5.41 Å². The van der Waals surface area contributed by atoms with Crippen LogP contribution in [-0.2, 0) is 11.8 Å². The van der Waals surface area contributed by atoms with Crippen molar-refractivity contribution < 1.29 is 0 Å². The summed E-state index contributed by atoms with van der Waals surface area (Å²) in [5, 5.41) is 18.1. The van der Waals surface area contributed by atoms with Crippen LogP contribution in [0.25, 0.3) is 32.3 Å². The molecule has 230 valence electrons. The molecule has 0 amide bonds. The van der Waals surface area contributed by atoms with Crippen molar-refractivity contribution in [2.75, 3.05) is 16.3 Å². The van der Waals surface area contributed by atoms with E-state index < -0.39 is 0 Å². The summed E-state index contributed by atoms with van der Waals surface area (Å²) in [6, 6.07) is 46.5. The number of aryl methyl sites for hydroxylation is 1. The van der Waals surface area contributed by atoms with Gasteiger partial charge < -0.3 is 9.80 Å². The van der Waals surface area contributed by atoms with E-state index >= 15 is 0 Å². The van der Waals surface area contributed by atoms with Crippen LogP contribution in [0, 0.1) is 11.3 Å². The van der Waals surface area contributed by atoms with Gasteiger partial charge in [0.25, 0.3) is 0 Å². The van der Waals surface area contributed by atoms with Crippen molar-refractivity contribution in [1.29, 1.82) is 5.26 Å². The summed E-state index contributed by atoms with van der Waals surface area (Å²) in [4.78, 5) is 4.79. The number of nitriles is 1. The molecule has 7 aromatic rings. The zero-order valence-corrected chi connectivity index (χ0v) is 27.0. The summed E-state index contributed by atoms with van der Waals surface area (Å²) in [6.07, 6.45) is 11.8. The van der Waals surface area contributed by atoms with Gasteiger partial charge in [0.05, 0.1) is 16.9 Å². The maximum atomic E-state index is 10.6. The van der Waals surface area contributed by atoms with Crippen molar-refractivity contribution in [3.05, 3.63) is 162 Å². The number of hydrogen-bond donors (Lipinski definition) is 0. The van der Waals surface area contributed by atoms with Crippen molar-refractivity contribution in [2.24, 2.45) is 0 Å². The molecule has 1 heterocycles. The Bertz CT molecular complexity index is 2450. The number of hydrogen-bond acceptors (Lipinski definition) is 3. The fourth-order valence-corrected chi connectivity index (χ4v) is 8.09. The van der Waals surface area contributed by atoms with Gasteiger partial charge in [0.2, 0.25) is 0 Å². The third kappa shape index (κ3) is 4.41. The number of para-hydroxylation sites is 2. The van der Waals surface area contributed by atoms with Crippen LogP contribution in [0.2, 0.25) is 0 Å². The number of nitrogens with zero attached hydrogens (tertiary/aromatic N) is 3. The molecule has 1 atom stereocenters. The predicted octanol–water partition coefficient (Wildman–Crippen LogP) is 11.8. The molecule has 1 aliphatic carbocycles. The molecule has 0 N–H and O–H groups in total. The van der Waals surface area contributed by atoms with E-state index in [4.69, 9.17) is 0 Å². The van der Waals surface area contributed by atoms with Crippen molar-refractivity contribution >= 4 is 60.8 Å². The predicted molar refractivity (Wildman–Crippen MR) is 202 cm³/mol. The first-order valence-corrected chi connectivity index (χ1v) is 16.9. The molecule has 1 unspecified atom stereocenters. The van der Waals surface area contributed by atoms with Gasteiger partial charge in [-0.25, -0.2) is 0 Å². The Labute approximate surface area is 281 Å². The minimum atomic E-state index is -0.143. The van der Waals surface area contributed by atoms with Gasteiger partial charge in [-0.3, -0.25) is 0 Å². The molecule has 2 aliphatic rings. The Balaban J connectivity index is 1.27. The van der Waals surface area contributed by atoms with Gasteiger partial charge in [-0.2, -0.15) is 5.26 Å². The number of allylic oxidation sites excluding steroid dienone is 4. The number of fused-ring (bicyclic) bond motifs is 1. The van der Waals surface area contributed by atoms with Crippen LogP contribution >= 0.6 is 0 Å². The van der Waals surface area contributed by atoms with Gasteiger partial charge in [-0.1, -0.05) is 110 Å². The minimum absolute atomic E-state index is 0.143. The van der Waals surface area contributed by atoms with E-state index in [1.165, 1.54) is 49.3 Å². The molecular formula is C45H35N3. The van der Waals surface area contributed by atoms with Gasteiger partial charge in [0.1, 0.15) is 6.07 Å². The highest BCUT2D eigenvalue weighted by atomic mass is 15.2. The minimum Gasteiger partial charge on any atom is -0.341 e. The Morgan fingerprint density at radius 2 is 1.44 bits per heavy atom. The summed E-state index contributed by atoms with van der Waals surface area (Å²) in [6.45, 7) is 3.25. The van der Waals surface area contributed by atoms with Crippen LogP contribution in [0.3, 0.4) is 0 Å². The highest BCUT2D eigenvalue weighted by molar-refractivity contribution is 6.28. The fraction of sp³-hybridized carbons (Fsp3) is 0.133. The summed E-state index contributed by atoms with van der Waals surface area (Å²) in [5.41, 5.74) is 8.63. The molecule has 48 heavy (non-hydrogen) atoms. The van der Waals surface area contributed by atoms with Gasteiger partial charge in [-0.15, -0.1) is 0 Å². The largest absolute Gasteiger partial charge is 0.341 e. The lowest BCUT2D eigenvalue weighted by molar-refractivity contribution is 0.599. The topological polar surface area (TPSA) is 30.3 Å². The Morgan fingerprint density at radius 1 is 0.708 bits per heavy atom. The van der Waals surface area contributed by atoms with Gasteiger partial charge in [0, 0.05) is 39.8 Å². The van der Waals surface area contributed by atoms with Crippen molar-refractivity contribution in [3.8, 4) is 6.07 Å². The SMILES string of the molecule is CC1(c2ccc(N(c3ccccc3)c3ccc4ccc5c(N6CCCc7ccccc76)ccc6ccc3c4c65)c(C#N)c2)C=CC=CC1. The van der Waals surface area contributed by atoms with Crippen LogP contribution in [0.5, 0.6) is 0 Å². The molecule has 1 aliphatic heterocycles. The van der Waals surface area contributed by atoms with E-state index in [9.17, 15) is 5.26 Å². The molecule has 0 aromatic heterocycles. The van der Waals surface area contributed by atoms with Gasteiger partial charge in [-0.05, 0) is 94.4 Å². The second-order valence-electron chi connectivity index (χ2n) is 13.4. The monoisotopic (exact) mass is 617 g/mol. The number of anilines is 5. The zero-order chi connectivity index (χ0) is 32.2. The van der Waals surface area contributed by atoms with E-state index in [1.807, 2.05) is 6.07 Å². The maximum Gasteiger partial charge on any atom is 0.101 e. The van der Waals surface area contributed by atoms with E-state index in [0.29, 0.717) is 5.56 Å². The molecule has 0 saturated carbocycles. The van der Waals surface area contributed by atoms with Crippen molar-refractivity contribution in [3.63, 3.8) is 0 Å². The molecule has 0 fully saturated rings. The fourth-order valence-electron chi connectivity index (χ4n) is 8.09. The third-order valence-electron chi connectivity index (χ3n) is 10.5. The highest BCUT2D eigenvalue weighted by Crippen LogP contribution is 2.47. The molecule has 3 nitrogen and oxygen atoms in total.